The monoisotopic (exact) mass is 255 g/mol. The van der Waals surface area contributed by atoms with E-state index >= 15 is 0 Å². The third kappa shape index (κ3) is 3.05. The van der Waals surface area contributed by atoms with Crippen molar-refractivity contribution in [3.63, 3.8) is 0 Å². The Kier molecular flexibility index (Phi) is 4.13. The maximum Gasteiger partial charge on any atom is 0.142 e. The topological polar surface area (TPSA) is 30.5 Å². The lowest BCUT2D eigenvalue weighted by Crippen LogP contribution is -2.26. The Balaban J connectivity index is 2.15. The third-order valence-electron chi connectivity index (χ3n) is 2.96. The fourth-order valence-electron chi connectivity index (χ4n) is 2.02. The first-order valence-corrected chi connectivity index (χ1v) is 6.39. The van der Waals surface area contributed by atoms with Gasteiger partial charge in [-0.25, -0.2) is 0 Å². The van der Waals surface area contributed by atoms with Crippen LogP contribution >= 0.6 is 11.6 Å². The number of nitrogens with one attached hydrogen (secondary N) is 1. The molecule has 3 nitrogen and oxygen atoms in total. The molecule has 17 heavy (non-hydrogen) atoms. The van der Waals surface area contributed by atoms with E-state index in [1.807, 2.05) is 25.1 Å². The summed E-state index contributed by atoms with van der Waals surface area (Å²) in [5.74, 6) is 0.844. The van der Waals surface area contributed by atoms with Crippen LogP contribution in [0.3, 0.4) is 0 Å². The number of hydrogen-bond acceptors (Lipinski definition) is 3. The average molecular weight is 256 g/mol. The SMILES string of the molecule is CCOc1ccc(Cl)cc1NC1CCOC1C. The highest BCUT2D eigenvalue weighted by molar-refractivity contribution is 6.30. The predicted molar refractivity (Wildman–Crippen MR) is 70.1 cm³/mol. The maximum atomic E-state index is 6.01. The number of benzene rings is 1. The Morgan fingerprint density at radius 2 is 2.35 bits per heavy atom. The minimum absolute atomic E-state index is 0.225. The van der Waals surface area contributed by atoms with Gasteiger partial charge in [-0.15, -0.1) is 0 Å². The van der Waals surface area contributed by atoms with Crippen LogP contribution in [0.5, 0.6) is 5.75 Å². The average Bonchev–Trinajstić information content (AvgIpc) is 2.69. The van der Waals surface area contributed by atoms with Crippen LogP contribution in [0.2, 0.25) is 5.02 Å². The Morgan fingerprint density at radius 3 is 3.00 bits per heavy atom. The molecular weight excluding hydrogens is 238 g/mol. The molecular formula is C13H18ClNO2. The van der Waals surface area contributed by atoms with Crippen LogP contribution < -0.4 is 10.1 Å². The van der Waals surface area contributed by atoms with Crippen molar-refractivity contribution >= 4 is 17.3 Å². The molecule has 2 unspecified atom stereocenters. The van der Waals surface area contributed by atoms with Crippen LogP contribution in [-0.2, 0) is 4.74 Å². The van der Waals surface area contributed by atoms with Crippen molar-refractivity contribution in [3.05, 3.63) is 23.2 Å². The van der Waals surface area contributed by atoms with Gasteiger partial charge < -0.3 is 14.8 Å². The molecule has 2 atom stereocenters. The highest BCUT2D eigenvalue weighted by Crippen LogP contribution is 2.30. The lowest BCUT2D eigenvalue weighted by Gasteiger charge is -2.20. The highest BCUT2D eigenvalue weighted by Gasteiger charge is 2.24. The van der Waals surface area contributed by atoms with E-state index in [0.717, 1.165) is 24.5 Å². The van der Waals surface area contributed by atoms with Gasteiger partial charge in [0.1, 0.15) is 5.75 Å². The van der Waals surface area contributed by atoms with E-state index in [-0.39, 0.29) is 6.10 Å². The second kappa shape index (κ2) is 5.61. The van der Waals surface area contributed by atoms with Crippen LogP contribution in [0.15, 0.2) is 18.2 Å². The Hall–Kier alpha value is -0.930. The molecule has 0 radical (unpaired) electrons. The summed E-state index contributed by atoms with van der Waals surface area (Å²) in [7, 11) is 0. The summed E-state index contributed by atoms with van der Waals surface area (Å²) in [4.78, 5) is 0. The van der Waals surface area contributed by atoms with Gasteiger partial charge in [0.2, 0.25) is 0 Å². The molecule has 0 saturated carbocycles. The highest BCUT2D eigenvalue weighted by atomic mass is 35.5. The van der Waals surface area contributed by atoms with Crippen LogP contribution in [0.1, 0.15) is 20.3 Å². The molecule has 4 heteroatoms. The Labute approximate surface area is 107 Å². The van der Waals surface area contributed by atoms with E-state index in [2.05, 4.69) is 12.2 Å². The smallest absolute Gasteiger partial charge is 0.142 e. The molecule has 1 heterocycles. The van der Waals surface area contributed by atoms with Gasteiger partial charge >= 0.3 is 0 Å². The zero-order chi connectivity index (χ0) is 12.3. The van der Waals surface area contributed by atoms with E-state index in [1.165, 1.54) is 0 Å². The summed E-state index contributed by atoms with van der Waals surface area (Å²) in [6.07, 6.45) is 1.24. The van der Waals surface area contributed by atoms with Crippen molar-refractivity contribution in [2.24, 2.45) is 0 Å². The lowest BCUT2D eigenvalue weighted by atomic mass is 10.1. The molecule has 0 spiro atoms. The molecule has 1 fully saturated rings. The van der Waals surface area contributed by atoms with Crippen molar-refractivity contribution in [2.75, 3.05) is 18.5 Å². The molecule has 1 aromatic rings. The summed E-state index contributed by atoms with van der Waals surface area (Å²) < 4.78 is 11.1. The van der Waals surface area contributed by atoms with Crippen LogP contribution in [0.4, 0.5) is 5.69 Å². The number of halogens is 1. The second-order valence-electron chi connectivity index (χ2n) is 4.19. The molecule has 1 aliphatic rings. The molecule has 1 aromatic carbocycles. The van der Waals surface area contributed by atoms with Crippen molar-refractivity contribution in [1.29, 1.82) is 0 Å². The fraction of sp³-hybridized carbons (Fsp3) is 0.538. The van der Waals surface area contributed by atoms with Gasteiger partial charge in [-0.2, -0.15) is 0 Å². The predicted octanol–water partition coefficient (Wildman–Crippen LogP) is 3.33. The third-order valence-corrected chi connectivity index (χ3v) is 3.19. The van der Waals surface area contributed by atoms with Gasteiger partial charge in [0.05, 0.1) is 24.4 Å². The molecule has 1 saturated heterocycles. The molecule has 2 rings (SSSR count). The normalized spacial score (nSPS) is 23.7. The lowest BCUT2D eigenvalue weighted by molar-refractivity contribution is 0.121. The van der Waals surface area contributed by atoms with E-state index in [1.54, 1.807) is 0 Å². The Morgan fingerprint density at radius 1 is 1.53 bits per heavy atom. The van der Waals surface area contributed by atoms with E-state index in [4.69, 9.17) is 21.1 Å². The number of ether oxygens (including phenoxy) is 2. The first-order valence-electron chi connectivity index (χ1n) is 6.01. The standard InChI is InChI=1S/C13H18ClNO2/c1-3-16-13-5-4-10(14)8-12(13)15-11-6-7-17-9(11)2/h4-5,8-9,11,15H,3,6-7H2,1-2H3. The number of rotatable bonds is 4. The van der Waals surface area contributed by atoms with Gasteiger partial charge in [0.15, 0.2) is 0 Å². The molecule has 94 valence electrons. The second-order valence-corrected chi connectivity index (χ2v) is 4.63. The van der Waals surface area contributed by atoms with Crippen LogP contribution in [0.25, 0.3) is 0 Å². The minimum Gasteiger partial charge on any atom is -0.492 e. The number of anilines is 1. The molecule has 0 aromatic heterocycles. The molecule has 1 N–H and O–H groups in total. The summed E-state index contributed by atoms with van der Waals surface area (Å²) >= 11 is 6.01. The quantitative estimate of drug-likeness (QED) is 0.895. The van der Waals surface area contributed by atoms with Gasteiger partial charge in [-0.3, -0.25) is 0 Å². The summed E-state index contributed by atoms with van der Waals surface area (Å²) in [5.41, 5.74) is 0.946. The van der Waals surface area contributed by atoms with Crippen molar-refractivity contribution < 1.29 is 9.47 Å². The molecule has 0 aliphatic carbocycles. The molecule has 0 bridgehead atoms. The van der Waals surface area contributed by atoms with Gasteiger partial charge in [-0.1, -0.05) is 11.6 Å². The maximum absolute atomic E-state index is 6.01. The van der Waals surface area contributed by atoms with Crippen molar-refractivity contribution in [1.82, 2.24) is 0 Å². The van der Waals surface area contributed by atoms with E-state index < -0.39 is 0 Å². The Bertz CT molecular complexity index is 384. The summed E-state index contributed by atoms with van der Waals surface area (Å²) in [5, 5.41) is 4.16. The summed E-state index contributed by atoms with van der Waals surface area (Å²) in [6.45, 7) is 5.51. The molecule has 1 aliphatic heterocycles. The van der Waals surface area contributed by atoms with Gasteiger partial charge in [0.25, 0.3) is 0 Å². The molecule has 0 amide bonds. The van der Waals surface area contributed by atoms with Crippen LogP contribution in [-0.4, -0.2) is 25.4 Å². The zero-order valence-electron chi connectivity index (χ0n) is 10.2. The van der Waals surface area contributed by atoms with Crippen molar-refractivity contribution in [2.45, 2.75) is 32.4 Å². The minimum atomic E-state index is 0.225. The van der Waals surface area contributed by atoms with E-state index in [0.29, 0.717) is 17.7 Å². The van der Waals surface area contributed by atoms with Crippen LogP contribution in [0, 0.1) is 0 Å². The largest absolute Gasteiger partial charge is 0.492 e. The number of hydrogen-bond donors (Lipinski definition) is 1. The zero-order valence-corrected chi connectivity index (χ0v) is 11.0. The van der Waals surface area contributed by atoms with Gasteiger partial charge in [0, 0.05) is 11.6 Å². The fourth-order valence-corrected chi connectivity index (χ4v) is 2.19. The summed E-state index contributed by atoms with van der Waals surface area (Å²) in [6, 6.07) is 5.96. The van der Waals surface area contributed by atoms with Crippen molar-refractivity contribution in [3.8, 4) is 5.75 Å². The first kappa shape index (κ1) is 12.5. The van der Waals surface area contributed by atoms with Gasteiger partial charge in [-0.05, 0) is 38.5 Å². The first-order chi connectivity index (χ1) is 8.20. The van der Waals surface area contributed by atoms with E-state index in [9.17, 15) is 0 Å².